The zero-order valence-corrected chi connectivity index (χ0v) is 12.0. The minimum atomic E-state index is -0.827. The second-order valence-corrected chi connectivity index (χ2v) is 6.42. The molecule has 1 unspecified atom stereocenters. The number of thiophene rings is 1. The van der Waals surface area contributed by atoms with Crippen LogP contribution in [0.1, 0.15) is 35.7 Å². The Labute approximate surface area is 121 Å². The van der Waals surface area contributed by atoms with Crippen molar-refractivity contribution in [2.45, 2.75) is 37.8 Å². The molecule has 1 aromatic heterocycles. The molecule has 1 aliphatic carbocycles. The molecule has 1 aliphatic heterocycles. The number of nitrogens with one attached hydrogen (secondary N) is 1. The Hall–Kier alpha value is -1.40. The van der Waals surface area contributed by atoms with Crippen molar-refractivity contribution >= 4 is 23.2 Å². The number of fused-ring (bicyclic) bond motifs is 1. The minimum absolute atomic E-state index is 0.0350. The average Bonchev–Trinajstić information content (AvgIpc) is 3.09. The van der Waals surface area contributed by atoms with E-state index in [1.165, 1.54) is 0 Å². The highest BCUT2D eigenvalue weighted by Crippen LogP contribution is 2.33. The highest BCUT2D eigenvalue weighted by atomic mass is 32.1. The van der Waals surface area contributed by atoms with E-state index in [0.717, 1.165) is 29.7 Å². The number of carboxylic acid groups (broad SMARTS) is 1. The maximum atomic E-state index is 11.7. The lowest BCUT2D eigenvalue weighted by Gasteiger charge is -2.32. The molecule has 0 saturated heterocycles. The van der Waals surface area contributed by atoms with Gasteiger partial charge in [0.05, 0.1) is 0 Å². The highest BCUT2D eigenvalue weighted by molar-refractivity contribution is 7.10. The molecule has 1 saturated carbocycles. The van der Waals surface area contributed by atoms with Gasteiger partial charge in [0, 0.05) is 30.4 Å². The Balaban J connectivity index is 1.63. The van der Waals surface area contributed by atoms with Gasteiger partial charge in [0.15, 0.2) is 0 Å². The van der Waals surface area contributed by atoms with Crippen molar-refractivity contribution in [1.29, 1.82) is 0 Å². The van der Waals surface area contributed by atoms with E-state index >= 15 is 0 Å². The van der Waals surface area contributed by atoms with Crippen molar-refractivity contribution in [3.05, 3.63) is 21.9 Å². The lowest BCUT2D eigenvalue weighted by molar-refractivity contribution is -0.144. The molecule has 2 aliphatic rings. The summed E-state index contributed by atoms with van der Waals surface area (Å²) in [5, 5.41) is 14.3. The zero-order valence-electron chi connectivity index (χ0n) is 11.2. The van der Waals surface area contributed by atoms with Crippen molar-refractivity contribution < 1.29 is 14.7 Å². The molecule has 3 rings (SSSR count). The van der Waals surface area contributed by atoms with E-state index in [4.69, 9.17) is 0 Å². The Kier molecular flexibility index (Phi) is 3.76. The fourth-order valence-electron chi connectivity index (χ4n) is 2.67. The smallest absolute Gasteiger partial charge is 0.325 e. The molecule has 1 aromatic rings. The van der Waals surface area contributed by atoms with Gasteiger partial charge >= 0.3 is 5.97 Å². The number of carboxylic acids is 1. The topological polar surface area (TPSA) is 69.6 Å². The first-order valence-electron chi connectivity index (χ1n) is 6.97. The summed E-state index contributed by atoms with van der Waals surface area (Å²) >= 11 is 1.62. The van der Waals surface area contributed by atoms with Crippen molar-refractivity contribution in [2.75, 3.05) is 13.1 Å². The predicted octanol–water partition coefficient (Wildman–Crippen LogP) is 1.40. The van der Waals surface area contributed by atoms with Gasteiger partial charge in [0.1, 0.15) is 6.04 Å². The van der Waals surface area contributed by atoms with E-state index in [1.54, 1.807) is 11.3 Å². The molecule has 0 aromatic carbocycles. The van der Waals surface area contributed by atoms with Crippen LogP contribution in [-0.4, -0.2) is 41.0 Å². The number of nitrogens with zero attached hydrogens (tertiary/aromatic N) is 1. The number of carbonyl (C=O) groups excluding carboxylic acids is 1. The lowest BCUT2D eigenvalue weighted by Crippen LogP contribution is -2.41. The molecule has 0 radical (unpaired) electrons. The molecule has 6 heteroatoms. The average molecular weight is 294 g/mol. The van der Waals surface area contributed by atoms with Gasteiger partial charge in [-0.05, 0) is 36.3 Å². The maximum Gasteiger partial charge on any atom is 0.325 e. The molecule has 1 amide bonds. The molecule has 2 N–H and O–H groups in total. The van der Waals surface area contributed by atoms with E-state index < -0.39 is 12.0 Å². The molecule has 1 atom stereocenters. The van der Waals surface area contributed by atoms with Gasteiger partial charge in [-0.15, -0.1) is 11.3 Å². The number of amides is 1. The summed E-state index contributed by atoms with van der Waals surface area (Å²) in [7, 11) is 0. The molecule has 1 fully saturated rings. The van der Waals surface area contributed by atoms with Crippen molar-refractivity contribution in [3.63, 3.8) is 0 Å². The zero-order chi connectivity index (χ0) is 14.1. The third kappa shape index (κ3) is 2.86. The van der Waals surface area contributed by atoms with Crippen LogP contribution >= 0.6 is 11.3 Å². The number of hydrogen-bond donors (Lipinski definition) is 2. The summed E-state index contributed by atoms with van der Waals surface area (Å²) in [6.07, 6.45) is 3.40. The fourth-order valence-corrected chi connectivity index (χ4v) is 3.57. The van der Waals surface area contributed by atoms with Gasteiger partial charge in [0.25, 0.3) is 0 Å². The first-order chi connectivity index (χ1) is 9.65. The predicted molar refractivity (Wildman–Crippen MR) is 75.8 cm³/mol. The molecule has 108 valence electrons. The van der Waals surface area contributed by atoms with Gasteiger partial charge in [-0.3, -0.25) is 14.5 Å². The van der Waals surface area contributed by atoms with Crippen LogP contribution in [0.3, 0.4) is 0 Å². The summed E-state index contributed by atoms with van der Waals surface area (Å²) in [6, 6.07) is 1.66. The Morgan fingerprint density at radius 2 is 2.25 bits per heavy atom. The maximum absolute atomic E-state index is 11.7. The number of hydrogen-bond acceptors (Lipinski definition) is 4. The molecule has 2 heterocycles. The van der Waals surface area contributed by atoms with Crippen molar-refractivity contribution in [3.8, 4) is 0 Å². The van der Waals surface area contributed by atoms with E-state index in [1.807, 2.05) is 16.3 Å². The molecule has 0 bridgehead atoms. The monoisotopic (exact) mass is 294 g/mol. The van der Waals surface area contributed by atoms with Crippen molar-refractivity contribution in [1.82, 2.24) is 10.2 Å². The van der Waals surface area contributed by atoms with Gasteiger partial charge in [0.2, 0.25) is 5.91 Å². The first kappa shape index (κ1) is 13.6. The largest absolute Gasteiger partial charge is 0.480 e. The van der Waals surface area contributed by atoms with Crippen LogP contribution in [0, 0.1) is 0 Å². The number of rotatable bonds is 5. The first-order valence-corrected chi connectivity index (χ1v) is 7.85. The van der Waals surface area contributed by atoms with E-state index in [2.05, 4.69) is 5.32 Å². The minimum Gasteiger partial charge on any atom is -0.480 e. The normalized spacial score (nSPS) is 22.3. The van der Waals surface area contributed by atoms with Crippen LogP contribution in [0.25, 0.3) is 0 Å². The van der Waals surface area contributed by atoms with Crippen LogP contribution in [0.2, 0.25) is 0 Å². The third-order valence-electron chi connectivity index (χ3n) is 3.87. The highest BCUT2D eigenvalue weighted by Gasteiger charge is 2.33. The Morgan fingerprint density at radius 3 is 2.95 bits per heavy atom. The Bertz CT molecular complexity index is 524. The van der Waals surface area contributed by atoms with Crippen LogP contribution in [0.5, 0.6) is 0 Å². The van der Waals surface area contributed by atoms with Crippen LogP contribution in [0.15, 0.2) is 11.4 Å². The van der Waals surface area contributed by atoms with E-state index in [0.29, 0.717) is 25.6 Å². The van der Waals surface area contributed by atoms with Gasteiger partial charge in [-0.25, -0.2) is 0 Å². The van der Waals surface area contributed by atoms with Gasteiger partial charge in [-0.1, -0.05) is 0 Å². The van der Waals surface area contributed by atoms with Crippen molar-refractivity contribution in [2.24, 2.45) is 0 Å². The number of aliphatic carboxylic acids is 1. The molecule has 20 heavy (non-hydrogen) atoms. The van der Waals surface area contributed by atoms with Crippen LogP contribution in [0.4, 0.5) is 0 Å². The second kappa shape index (κ2) is 5.54. The standard InChI is InChI=1S/C14H18N2O3S/c17-12(15-9-1-2-9)4-7-16-6-3-11-10(5-8-20-11)13(16)14(18)19/h5,8-9,13H,1-4,6-7H2,(H,15,17)(H,18,19). The van der Waals surface area contributed by atoms with Crippen LogP contribution in [-0.2, 0) is 16.0 Å². The fraction of sp³-hybridized carbons (Fsp3) is 0.571. The quantitative estimate of drug-likeness (QED) is 0.861. The molecular weight excluding hydrogens is 276 g/mol. The summed E-state index contributed by atoms with van der Waals surface area (Å²) in [5.41, 5.74) is 0.899. The molecule has 0 spiro atoms. The van der Waals surface area contributed by atoms with Crippen LogP contribution < -0.4 is 5.32 Å². The summed E-state index contributed by atoms with van der Waals surface area (Å²) in [4.78, 5) is 26.3. The van der Waals surface area contributed by atoms with E-state index in [-0.39, 0.29) is 5.91 Å². The Morgan fingerprint density at radius 1 is 1.45 bits per heavy atom. The second-order valence-electron chi connectivity index (χ2n) is 5.42. The van der Waals surface area contributed by atoms with E-state index in [9.17, 15) is 14.7 Å². The summed E-state index contributed by atoms with van der Waals surface area (Å²) < 4.78 is 0. The molecular formula is C14H18N2O3S. The van der Waals surface area contributed by atoms with Gasteiger partial charge in [-0.2, -0.15) is 0 Å². The summed E-state index contributed by atoms with van der Waals surface area (Å²) in [6.45, 7) is 1.21. The molecule has 5 nitrogen and oxygen atoms in total. The third-order valence-corrected chi connectivity index (χ3v) is 4.86. The van der Waals surface area contributed by atoms with Gasteiger partial charge < -0.3 is 10.4 Å². The SMILES string of the molecule is O=C(CCN1CCc2sccc2C1C(=O)O)NC1CC1. The number of carbonyl (C=O) groups is 2. The lowest BCUT2D eigenvalue weighted by atomic mass is 10.00. The summed E-state index contributed by atoms with van der Waals surface area (Å²) in [5.74, 6) is -0.792.